The molecule has 5 nitrogen and oxygen atoms in total. The van der Waals surface area contributed by atoms with E-state index in [0.717, 1.165) is 13.1 Å². The van der Waals surface area contributed by atoms with Gasteiger partial charge in [-0.15, -0.1) is 0 Å². The number of nitrogens with zero attached hydrogens (tertiary/aromatic N) is 2. The maximum atomic E-state index is 11.1. The monoisotopic (exact) mass is 243 g/mol. The molecule has 100 valence electrons. The quantitative estimate of drug-likeness (QED) is 0.716. The summed E-state index contributed by atoms with van der Waals surface area (Å²) in [5.41, 5.74) is 0. The summed E-state index contributed by atoms with van der Waals surface area (Å²) < 4.78 is 0. The Bertz CT molecular complexity index is 248. The standard InChI is InChI=1S/C12H25N3O2/c1-5-13-11(12(16)17)8-15-6-9(2)14(4)10(3)7-15/h9-11,13H,5-8H2,1-4H3,(H,16,17). The maximum Gasteiger partial charge on any atom is 0.322 e. The van der Waals surface area contributed by atoms with Gasteiger partial charge in [0.2, 0.25) is 0 Å². The lowest BCUT2D eigenvalue weighted by atomic mass is 10.1. The van der Waals surface area contributed by atoms with E-state index in [1.807, 2.05) is 6.92 Å². The Kier molecular flexibility index (Phi) is 5.36. The van der Waals surface area contributed by atoms with Crippen molar-refractivity contribution in [3.63, 3.8) is 0 Å². The average Bonchev–Trinajstić information content (AvgIpc) is 2.25. The number of carbonyl (C=O) groups is 1. The second-order valence-corrected chi connectivity index (χ2v) is 5.03. The summed E-state index contributed by atoms with van der Waals surface area (Å²) in [6.07, 6.45) is 0. The highest BCUT2D eigenvalue weighted by molar-refractivity contribution is 5.73. The van der Waals surface area contributed by atoms with E-state index in [2.05, 4.69) is 36.0 Å². The Morgan fingerprint density at radius 3 is 2.35 bits per heavy atom. The third-order valence-electron chi connectivity index (χ3n) is 3.62. The van der Waals surface area contributed by atoms with Gasteiger partial charge in [-0.3, -0.25) is 14.6 Å². The van der Waals surface area contributed by atoms with Gasteiger partial charge in [-0.25, -0.2) is 0 Å². The Morgan fingerprint density at radius 2 is 1.94 bits per heavy atom. The molecule has 3 atom stereocenters. The van der Waals surface area contributed by atoms with Crippen LogP contribution >= 0.6 is 0 Å². The van der Waals surface area contributed by atoms with E-state index in [9.17, 15) is 4.79 Å². The molecule has 1 saturated heterocycles. The largest absolute Gasteiger partial charge is 0.480 e. The van der Waals surface area contributed by atoms with Gasteiger partial charge in [0.05, 0.1) is 0 Å². The molecule has 0 aromatic carbocycles. The predicted octanol–water partition coefficient (Wildman–Crippen LogP) is 0.0735. The van der Waals surface area contributed by atoms with Crippen LogP contribution in [0.2, 0.25) is 0 Å². The van der Waals surface area contributed by atoms with Gasteiger partial charge >= 0.3 is 5.97 Å². The molecule has 1 fully saturated rings. The van der Waals surface area contributed by atoms with Crippen LogP contribution in [0.4, 0.5) is 0 Å². The number of rotatable bonds is 5. The fraction of sp³-hybridized carbons (Fsp3) is 0.917. The fourth-order valence-electron chi connectivity index (χ4n) is 2.40. The van der Waals surface area contributed by atoms with E-state index in [1.165, 1.54) is 0 Å². The fourth-order valence-corrected chi connectivity index (χ4v) is 2.40. The van der Waals surface area contributed by atoms with Crippen LogP contribution in [-0.4, -0.2) is 72.2 Å². The number of aliphatic carboxylic acids is 1. The molecule has 3 unspecified atom stereocenters. The van der Waals surface area contributed by atoms with Gasteiger partial charge in [0.1, 0.15) is 6.04 Å². The summed E-state index contributed by atoms with van der Waals surface area (Å²) in [5.74, 6) is -0.758. The van der Waals surface area contributed by atoms with Gasteiger partial charge in [0.15, 0.2) is 0 Å². The molecule has 1 rings (SSSR count). The summed E-state index contributed by atoms with van der Waals surface area (Å²) in [7, 11) is 2.13. The zero-order valence-electron chi connectivity index (χ0n) is 11.3. The molecule has 1 aliphatic heterocycles. The lowest BCUT2D eigenvalue weighted by Crippen LogP contribution is -2.58. The van der Waals surface area contributed by atoms with Crippen LogP contribution in [-0.2, 0) is 4.79 Å². The van der Waals surface area contributed by atoms with E-state index in [4.69, 9.17) is 5.11 Å². The van der Waals surface area contributed by atoms with Crippen molar-refractivity contribution in [1.29, 1.82) is 0 Å². The topological polar surface area (TPSA) is 55.8 Å². The molecule has 0 bridgehead atoms. The molecule has 1 aliphatic rings. The molecule has 0 amide bonds. The van der Waals surface area contributed by atoms with Gasteiger partial charge in [-0.2, -0.15) is 0 Å². The van der Waals surface area contributed by atoms with Crippen LogP contribution < -0.4 is 5.32 Å². The Hall–Kier alpha value is -0.650. The molecule has 0 radical (unpaired) electrons. The van der Waals surface area contributed by atoms with Crippen LogP contribution in [0.3, 0.4) is 0 Å². The minimum Gasteiger partial charge on any atom is -0.480 e. The second kappa shape index (κ2) is 6.33. The van der Waals surface area contributed by atoms with Gasteiger partial charge in [0.25, 0.3) is 0 Å². The van der Waals surface area contributed by atoms with E-state index in [0.29, 0.717) is 25.2 Å². The van der Waals surface area contributed by atoms with Crippen molar-refractivity contribution in [2.24, 2.45) is 0 Å². The van der Waals surface area contributed by atoms with Crippen molar-refractivity contribution in [2.45, 2.75) is 38.9 Å². The summed E-state index contributed by atoms with van der Waals surface area (Å²) in [4.78, 5) is 15.7. The minimum atomic E-state index is -0.758. The van der Waals surface area contributed by atoms with Crippen molar-refractivity contribution < 1.29 is 9.90 Å². The van der Waals surface area contributed by atoms with Crippen molar-refractivity contribution in [3.8, 4) is 0 Å². The van der Waals surface area contributed by atoms with Crippen molar-refractivity contribution >= 4 is 5.97 Å². The summed E-state index contributed by atoms with van der Waals surface area (Å²) in [6.45, 7) is 9.47. The number of piperazine rings is 1. The van der Waals surface area contributed by atoms with Gasteiger partial charge < -0.3 is 10.4 Å². The number of hydrogen-bond donors (Lipinski definition) is 2. The van der Waals surface area contributed by atoms with E-state index >= 15 is 0 Å². The first-order valence-corrected chi connectivity index (χ1v) is 6.36. The first-order chi connectivity index (χ1) is 7.95. The van der Waals surface area contributed by atoms with Crippen LogP contribution in [0.5, 0.6) is 0 Å². The molecule has 0 aromatic rings. The van der Waals surface area contributed by atoms with E-state index in [-0.39, 0.29) is 0 Å². The number of likely N-dealkylation sites (N-methyl/N-ethyl adjacent to an activating group) is 2. The van der Waals surface area contributed by atoms with Crippen molar-refractivity contribution in [1.82, 2.24) is 15.1 Å². The molecule has 1 heterocycles. The smallest absolute Gasteiger partial charge is 0.322 e. The highest BCUT2D eigenvalue weighted by atomic mass is 16.4. The number of carboxylic acids is 1. The average molecular weight is 243 g/mol. The molecule has 0 saturated carbocycles. The summed E-state index contributed by atoms with van der Waals surface area (Å²) in [6, 6.07) is 0.507. The highest BCUT2D eigenvalue weighted by Crippen LogP contribution is 2.13. The van der Waals surface area contributed by atoms with Crippen molar-refractivity contribution in [3.05, 3.63) is 0 Å². The Balaban J connectivity index is 2.53. The van der Waals surface area contributed by atoms with Gasteiger partial charge in [-0.05, 0) is 27.4 Å². The zero-order valence-corrected chi connectivity index (χ0v) is 11.3. The molecular formula is C12H25N3O2. The van der Waals surface area contributed by atoms with Crippen LogP contribution in [0.1, 0.15) is 20.8 Å². The maximum absolute atomic E-state index is 11.1. The summed E-state index contributed by atoms with van der Waals surface area (Å²) in [5, 5.41) is 12.1. The Morgan fingerprint density at radius 1 is 1.41 bits per heavy atom. The van der Waals surface area contributed by atoms with Crippen LogP contribution in [0.25, 0.3) is 0 Å². The third kappa shape index (κ3) is 3.94. The molecule has 0 spiro atoms. The molecular weight excluding hydrogens is 218 g/mol. The minimum absolute atomic E-state index is 0.456. The molecule has 0 aliphatic carbocycles. The number of hydrogen-bond acceptors (Lipinski definition) is 4. The van der Waals surface area contributed by atoms with Crippen LogP contribution in [0, 0.1) is 0 Å². The lowest BCUT2D eigenvalue weighted by molar-refractivity contribution is -0.140. The van der Waals surface area contributed by atoms with Crippen molar-refractivity contribution in [2.75, 3.05) is 33.2 Å². The second-order valence-electron chi connectivity index (χ2n) is 5.03. The van der Waals surface area contributed by atoms with Gasteiger partial charge in [0, 0.05) is 31.7 Å². The van der Waals surface area contributed by atoms with Gasteiger partial charge in [-0.1, -0.05) is 6.92 Å². The first kappa shape index (κ1) is 14.4. The molecule has 2 N–H and O–H groups in total. The number of nitrogens with one attached hydrogen (secondary N) is 1. The molecule has 5 heteroatoms. The predicted molar refractivity (Wildman–Crippen MR) is 68.2 cm³/mol. The van der Waals surface area contributed by atoms with Crippen LogP contribution in [0.15, 0.2) is 0 Å². The first-order valence-electron chi connectivity index (χ1n) is 6.36. The Labute approximate surface area is 104 Å². The highest BCUT2D eigenvalue weighted by Gasteiger charge is 2.29. The zero-order chi connectivity index (χ0) is 13.0. The normalized spacial score (nSPS) is 29.2. The SMILES string of the molecule is CCNC(CN1CC(C)N(C)C(C)C1)C(=O)O. The number of carboxylic acid groups (broad SMARTS) is 1. The molecule has 17 heavy (non-hydrogen) atoms. The molecule has 0 aromatic heterocycles. The van der Waals surface area contributed by atoms with E-state index < -0.39 is 12.0 Å². The van der Waals surface area contributed by atoms with E-state index in [1.54, 1.807) is 0 Å². The lowest BCUT2D eigenvalue weighted by Gasteiger charge is -2.43. The third-order valence-corrected chi connectivity index (χ3v) is 3.62. The summed E-state index contributed by atoms with van der Waals surface area (Å²) >= 11 is 0.